The lowest BCUT2D eigenvalue weighted by molar-refractivity contribution is -0.224. The lowest BCUT2D eigenvalue weighted by Gasteiger charge is -2.39. The Morgan fingerprint density at radius 3 is 1.70 bits per heavy atom. The summed E-state index contributed by atoms with van der Waals surface area (Å²) in [4.78, 5) is 0. The maximum atomic E-state index is 15.0. The maximum absolute atomic E-state index is 15.0. The first-order valence-corrected chi connectivity index (χ1v) is 14.5. The predicted molar refractivity (Wildman–Crippen MR) is 140 cm³/mol. The van der Waals surface area contributed by atoms with Crippen molar-refractivity contribution in [3.63, 3.8) is 0 Å². The molecule has 2 aromatic rings. The molecule has 2 aliphatic rings. The van der Waals surface area contributed by atoms with E-state index in [4.69, 9.17) is 0 Å². The lowest BCUT2D eigenvalue weighted by Crippen LogP contribution is -2.38. The molecule has 244 valence electrons. The van der Waals surface area contributed by atoms with Crippen LogP contribution in [0, 0.1) is 46.9 Å². The second-order valence-corrected chi connectivity index (χ2v) is 11.5. The summed E-state index contributed by atoms with van der Waals surface area (Å²) in [6, 6.07) is 0.493. The molecule has 2 aromatic carbocycles. The van der Waals surface area contributed by atoms with E-state index in [0.29, 0.717) is 24.7 Å². The van der Waals surface area contributed by atoms with Crippen LogP contribution in [0.1, 0.15) is 76.7 Å². The van der Waals surface area contributed by atoms with Crippen molar-refractivity contribution in [1.82, 2.24) is 0 Å². The molecule has 2 fully saturated rings. The molecule has 0 unspecified atom stereocenters. The predicted octanol–water partition coefficient (Wildman–Crippen LogP) is 10.9. The van der Waals surface area contributed by atoms with Crippen LogP contribution < -0.4 is 14.2 Å². The summed E-state index contributed by atoms with van der Waals surface area (Å²) in [5, 5.41) is 0. The van der Waals surface area contributed by atoms with Crippen molar-refractivity contribution in [3.05, 3.63) is 65.4 Å². The minimum Gasteiger partial charge on any atom is -0.453 e. The van der Waals surface area contributed by atoms with Crippen LogP contribution in [0.4, 0.5) is 43.9 Å². The highest BCUT2D eigenvalue weighted by Gasteiger charge is 2.46. The highest BCUT2D eigenvalue weighted by Crippen LogP contribution is 2.46. The van der Waals surface area contributed by atoms with E-state index in [1.54, 1.807) is 0 Å². The van der Waals surface area contributed by atoms with Gasteiger partial charge in [0.25, 0.3) is 0 Å². The van der Waals surface area contributed by atoms with E-state index < -0.39 is 70.3 Å². The van der Waals surface area contributed by atoms with Gasteiger partial charge < -0.3 is 14.2 Å². The summed E-state index contributed by atoms with van der Waals surface area (Å²) in [6.07, 6.45) is -3.29. The molecule has 0 N–H and O–H groups in total. The van der Waals surface area contributed by atoms with Crippen LogP contribution in [0.2, 0.25) is 0 Å². The van der Waals surface area contributed by atoms with Gasteiger partial charge in [-0.2, -0.15) is 26.3 Å². The number of benzene rings is 2. The Hall–Kier alpha value is -3.12. The van der Waals surface area contributed by atoms with E-state index in [1.165, 1.54) is 6.42 Å². The Balaban J connectivity index is 1.40. The van der Waals surface area contributed by atoms with Crippen LogP contribution >= 0.6 is 0 Å². The normalized spacial score (nSPS) is 22.8. The Kier molecular flexibility index (Phi) is 10.7. The molecular weight excluding hydrogens is 610 g/mol. The molecule has 2 aliphatic carbocycles. The molecule has 13 heteroatoms. The quantitative estimate of drug-likeness (QED) is 0.180. The van der Waals surface area contributed by atoms with E-state index in [1.807, 2.05) is 0 Å². The van der Waals surface area contributed by atoms with Crippen molar-refractivity contribution >= 4 is 0 Å². The minimum atomic E-state index is -4.89. The Labute approximate surface area is 248 Å². The third kappa shape index (κ3) is 8.12. The van der Waals surface area contributed by atoms with Crippen LogP contribution in [0.3, 0.4) is 0 Å². The Morgan fingerprint density at radius 2 is 1.20 bits per heavy atom. The number of alkyl halides is 4. The summed E-state index contributed by atoms with van der Waals surface area (Å²) in [7, 11) is 0. The van der Waals surface area contributed by atoms with Gasteiger partial charge in [0.15, 0.2) is 23.6 Å². The molecule has 0 aliphatic heterocycles. The molecule has 4 rings (SSSR count). The number of ether oxygens (including phenoxy) is 3. The van der Waals surface area contributed by atoms with Crippen LogP contribution in [-0.4, -0.2) is 6.11 Å². The highest BCUT2D eigenvalue weighted by atomic mass is 19.3. The fraction of sp³-hybridized carbons (Fsp3) is 0.548. The monoisotopic (exact) mass is 642 g/mol. The molecule has 2 saturated carbocycles. The van der Waals surface area contributed by atoms with Gasteiger partial charge in [-0.1, -0.05) is 32.6 Å². The van der Waals surface area contributed by atoms with Gasteiger partial charge in [-0.05, 0) is 56.3 Å². The molecule has 44 heavy (non-hydrogen) atoms. The summed E-state index contributed by atoms with van der Waals surface area (Å²) >= 11 is 0. The van der Waals surface area contributed by atoms with E-state index >= 15 is 8.78 Å². The summed E-state index contributed by atoms with van der Waals surface area (Å²) < 4.78 is 154. The van der Waals surface area contributed by atoms with Crippen molar-refractivity contribution in [3.8, 4) is 17.2 Å². The van der Waals surface area contributed by atoms with E-state index in [9.17, 15) is 35.1 Å². The summed E-state index contributed by atoms with van der Waals surface area (Å²) in [5.74, 6) is -10.9. The van der Waals surface area contributed by atoms with E-state index in [-0.39, 0.29) is 43.4 Å². The van der Waals surface area contributed by atoms with Crippen LogP contribution in [0.25, 0.3) is 0 Å². The van der Waals surface area contributed by atoms with Gasteiger partial charge in [0.05, 0.1) is 5.92 Å². The molecular formula is C31H32F10O3. The fourth-order valence-electron chi connectivity index (χ4n) is 6.42. The smallest absolute Gasteiger partial charge is 0.432 e. The molecule has 0 amide bonds. The van der Waals surface area contributed by atoms with Gasteiger partial charge in [-0.3, -0.25) is 0 Å². The zero-order valence-electron chi connectivity index (χ0n) is 23.8. The second-order valence-electron chi connectivity index (χ2n) is 11.5. The Bertz CT molecular complexity index is 1270. The van der Waals surface area contributed by atoms with Crippen LogP contribution in [0.5, 0.6) is 17.2 Å². The first-order chi connectivity index (χ1) is 20.7. The third-order valence-electron chi connectivity index (χ3n) is 8.55. The SMILES string of the molecule is CCCC1CCC(C2CCC(C(F)(F)Oc3cc(F)c(C(F)(F)Oc4cc(F)c(OC=C(F)F)c(F)c4)c(F)c3)CC2)CC1. The van der Waals surface area contributed by atoms with Gasteiger partial charge in [-0.25, -0.2) is 17.6 Å². The fourth-order valence-corrected chi connectivity index (χ4v) is 6.42. The summed E-state index contributed by atoms with van der Waals surface area (Å²) in [5.41, 5.74) is -2.04. The molecule has 0 heterocycles. The molecule has 0 bridgehead atoms. The van der Waals surface area contributed by atoms with Gasteiger partial charge in [0, 0.05) is 24.3 Å². The van der Waals surface area contributed by atoms with Crippen molar-refractivity contribution in [2.75, 3.05) is 0 Å². The molecule has 0 spiro atoms. The van der Waals surface area contributed by atoms with Gasteiger partial charge in [-0.15, -0.1) is 0 Å². The topological polar surface area (TPSA) is 27.7 Å². The number of hydrogen-bond donors (Lipinski definition) is 0. The first-order valence-electron chi connectivity index (χ1n) is 14.5. The van der Waals surface area contributed by atoms with Crippen molar-refractivity contribution in [2.45, 2.75) is 83.3 Å². The average molecular weight is 643 g/mol. The molecule has 0 radical (unpaired) electrons. The molecule has 0 saturated heterocycles. The zero-order chi connectivity index (χ0) is 32.2. The maximum Gasteiger partial charge on any atom is 0.432 e. The van der Waals surface area contributed by atoms with Crippen LogP contribution in [-0.2, 0) is 6.11 Å². The van der Waals surface area contributed by atoms with E-state index in [2.05, 4.69) is 21.1 Å². The lowest BCUT2D eigenvalue weighted by atomic mass is 9.68. The van der Waals surface area contributed by atoms with Crippen LogP contribution in [0.15, 0.2) is 36.6 Å². The standard InChI is InChI=1S/C31H32F10O3/c1-2-3-17-4-6-18(7-5-17)19-8-10-20(11-9-19)30(38,39)43-21-12-23(32)28(24(33)13-21)31(40,41)44-22-14-25(34)29(26(35)15-22)42-16-27(36)37/h12-20H,2-11H2,1H3. The highest BCUT2D eigenvalue weighted by molar-refractivity contribution is 5.37. The number of hydrogen-bond acceptors (Lipinski definition) is 3. The van der Waals surface area contributed by atoms with Gasteiger partial charge in [0.1, 0.15) is 28.7 Å². The largest absolute Gasteiger partial charge is 0.453 e. The molecule has 3 nitrogen and oxygen atoms in total. The van der Waals surface area contributed by atoms with Gasteiger partial charge in [0.2, 0.25) is 0 Å². The second kappa shape index (κ2) is 13.9. The number of halogens is 10. The zero-order valence-corrected chi connectivity index (χ0v) is 23.8. The molecule has 0 atom stereocenters. The molecule has 0 aromatic heterocycles. The van der Waals surface area contributed by atoms with Crippen molar-refractivity contribution in [1.29, 1.82) is 0 Å². The minimum absolute atomic E-state index is 0.107. The summed E-state index contributed by atoms with van der Waals surface area (Å²) in [6.45, 7) is 2.16. The Morgan fingerprint density at radius 1 is 0.727 bits per heavy atom. The first kappa shape index (κ1) is 33.8. The number of rotatable bonds is 11. The third-order valence-corrected chi connectivity index (χ3v) is 8.55. The average Bonchev–Trinajstić information content (AvgIpc) is 2.92. The van der Waals surface area contributed by atoms with Crippen molar-refractivity contribution in [2.24, 2.45) is 23.7 Å². The van der Waals surface area contributed by atoms with E-state index in [0.717, 1.165) is 38.0 Å². The van der Waals surface area contributed by atoms with Gasteiger partial charge >= 0.3 is 18.3 Å². The van der Waals surface area contributed by atoms with Crippen molar-refractivity contribution < 1.29 is 58.1 Å².